The highest BCUT2D eigenvalue weighted by atomic mass is 19.4. The Morgan fingerprint density at radius 3 is 2.16 bits per heavy atom. The summed E-state index contributed by atoms with van der Waals surface area (Å²) in [5, 5.41) is 30.9. The average molecular weight is 630 g/mol. The maximum atomic E-state index is 13.8. The van der Waals surface area contributed by atoms with Gasteiger partial charge in [0.1, 0.15) is 0 Å². The molecule has 4 atom stereocenters. The van der Waals surface area contributed by atoms with Crippen LogP contribution in [0.4, 0.5) is 36.4 Å². The summed E-state index contributed by atoms with van der Waals surface area (Å²) in [6.07, 6.45) is -9.05. The van der Waals surface area contributed by atoms with E-state index in [4.69, 9.17) is 0 Å². The molecule has 3 N–H and O–H groups in total. The Hall–Kier alpha value is -3.71. The molecular formula is C31H30F7NO5. The number of hydrogen-bond acceptors (Lipinski definition) is 5. The maximum absolute atomic E-state index is 13.8. The van der Waals surface area contributed by atoms with E-state index in [0.29, 0.717) is 41.0 Å². The molecule has 0 unspecified atom stereocenters. The molecular weight excluding hydrogens is 599 g/mol. The van der Waals surface area contributed by atoms with E-state index < -0.39 is 83.0 Å². The zero-order chi connectivity index (χ0) is 32.7. The molecule has 238 valence electrons. The molecule has 4 rings (SSSR count). The van der Waals surface area contributed by atoms with Crippen LogP contribution in [0.3, 0.4) is 0 Å². The fourth-order valence-corrected chi connectivity index (χ4v) is 6.12. The summed E-state index contributed by atoms with van der Waals surface area (Å²) in [6, 6.07) is 4.38. The zero-order valence-electron chi connectivity index (χ0n) is 23.6. The van der Waals surface area contributed by atoms with Gasteiger partial charge in [-0.2, -0.15) is 26.3 Å². The van der Waals surface area contributed by atoms with Crippen LogP contribution >= 0.6 is 0 Å². The lowest BCUT2D eigenvalue weighted by Crippen LogP contribution is -2.38. The second-order valence-corrected chi connectivity index (χ2v) is 11.1. The number of carbonyl (C=O) groups excluding carboxylic acids is 2. The Bertz CT molecular complexity index is 1480. The van der Waals surface area contributed by atoms with Crippen molar-refractivity contribution in [3.05, 3.63) is 75.6 Å². The van der Waals surface area contributed by atoms with Gasteiger partial charge in [0.05, 0.1) is 41.4 Å². The molecule has 0 aromatic heterocycles. The molecule has 1 heterocycles. The third-order valence-electron chi connectivity index (χ3n) is 8.25. The predicted molar refractivity (Wildman–Crippen MR) is 145 cm³/mol. The lowest BCUT2D eigenvalue weighted by Gasteiger charge is -2.35. The fourth-order valence-electron chi connectivity index (χ4n) is 6.12. The highest BCUT2D eigenvalue weighted by molar-refractivity contribution is 6.22. The minimum absolute atomic E-state index is 0.0943. The number of fused-ring (bicyclic) bond motifs is 1. The number of rotatable bonds is 8. The van der Waals surface area contributed by atoms with Gasteiger partial charge >= 0.3 is 12.4 Å². The van der Waals surface area contributed by atoms with Crippen molar-refractivity contribution in [3.8, 4) is 5.75 Å². The van der Waals surface area contributed by atoms with E-state index in [1.807, 2.05) is 6.92 Å². The Morgan fingerprint density at radius 2 is 1.64 bits per heavy atom. The maximum Gasteiger partial charge on any atom is 0.416 e. The number of aliphatic hydroxyl groups is 2. The van der Waals surface area contributed by atoms with Crippen molar-refractivity contribution in [3.63, 3.8) is 0 Å². The van der Waals surface area contributed by atoms with Crippen LogP contribution in [0.15, 0.2) is 53.1 Å². The summed E-state index contributed by atoms with van der Waals surface area (Å²) >= 11 is 0. The molecule has 13 heteroatoms. The van der Waals surface area contributed by atoms with Crippen LogP contribution in [0.5, 0.6) is 5.75 Å². The summed E-state index contributed by atoms with van der Waals surface area (Å²) in [4.78, 5) is 27.2. The molecule has 1 saturated heterocycles. The molecule has 0 radical (unpaired) electrons. The van der Waals surface area contributed by atoms with Crippen molar-refractivity contribution >= 4 is 23.6 Å². The van der Waals surface area contributed by atoms with Crippen molar-refractivity contribution < 1.29 is 55.6 Å². The lowest BCUT2D eigenvalue weighted by atomic mass is 9.68. The van der Waals surface area contributed by atoms with Gasteiger partial charge in [-0.05, 0) is 74.1 Å². The van der Waals surface area contributed by atoms with Crippen LogP contribution in [-0.4, -0.2) is 39.8 Å². The van der Waals surface area contributed by atoms with E-state index in [9.17, 15) is 55.6 Å². The van der Waals surface area contributed by atoms with Gasteiger partial charge < -0.3 is 15.3 Å². The van der Waals surface area contributed by atoms with E-state index in [0.717, 1.165) is 11.6 Å². The second kappa shape index (κ2) is 12.4. The predicted octanol–water partition coefficient (Wildman–Crippen LogP) is 6.64. The van der Waals surface area contributed by atoms with Gasteiger partial charge in [-0.1, -0.05) is 30.2 Å². The number of imide groups is 1. The number of aromatic hydroxyl groups is 1. The summed E-state index contributed by atoms with van der Waals surface area (Å²) < 4.78 is 94.6. The van der Waals surface area contributed by atoms with Crippen LogP contribution in [0.1, 0.15) is 56.2 Å². The number of aliphatic hydroxyl groups excluding tert-OH is 2. The molecule has 2 aromatic rings. The number of phenols is 1. The molecule has 0 saturated carbocycles. The molecule has 2 amide bonds. The summed E-state index contributed by atoms with van der Waals surface area (Å²) in [6.45, 7) is 2.72. The van der Waals surface area contributed by atoms with Crippen LogP contribution < -0.4 is 4.90 Å². The van der Waals surface area contributed by atoms with Gasteiger partial charge in [-0.25, -0.2) is 9.29 Å². The van der Waals surface area contributed by atoms with Crippen molar-refractivity contribution in [1.29, 1.82) is 0 Å². The first kappa shape index (κ1) is 33.2. The van der Waals surface area contributed by atoms with Gasteiger partial charge in [0.15, 0.2) is 11.6 Å². The summed E-state index contributed by atoms with van der Waals surface area (Å²) in [5.41, 5.74) is -2.20. The Labute approximate surface area is 248 Å². The molecule has 1 aliphatic carbocycles. The van der Waals surface area contributed by atoms with E-state index in [1.165, 1.54) is 12.1 Å². The number of benzene rings is 2. The third-order valence-corrected chi connectivity index (χ3v) is 8.25. The fraction of sp³-hybridized carbons (Fsp3) is 0.419. The van der Waals surface area contributed by atoms with Gasteiger partial charge in [0.2, 0.25) is 11.8 Å². The van der Waals surface area contributed by atoms with Crippen molar-refractivity contribution in [2.45, 2.75) is 58.0 Å². The summed E-state index contributed by atoms with van der Waals surface area (Å²) in [5.74, 6) is -6.94. The first-order valence-corrected chi connectivity index (χ1v) is 13.8. The first-order chi connectivity index (χ1) is 20.5. The minimum Gasteiger partial charge on any atom is -0.505 e. The largest absolute Gasteiger partial charge is 0.505 e. The normalized spacial score (nSPS) is 22.1. The van der Waals surface area contributed by atoms with Crippen molar-refractivity contribution in [2.75, 3.05) is 11.5 Å². The quantitative estimate of drug-likeness (QED) is 0.173. The summed E-state index contributed by atoms with van der Waals surface area (Å²) in [7, 11) is 0. The van der Waals surface area contributed by atoms with Crippen LogP contribution in [0.2, 0.25) is 0 Å². The van der Waals surface area contributed by atoms with Gasteiger partial charge in [-0.15, -0.1) is 0 Å². The monoisotopic (exact) mass is 629 g/mol. The standard InChI is InChI=1S/C31H30F7NO5/c1-3-16(9-17-5-6-24(41)23(32)10-17)4-7-25(42)26-15(2)8-21-27(22(26)14-40)29(44)39(28(21)43)20-12-18(30(33,34)35)11-19(13-20)31(36,37)38/h5-6,9-13,21-22,25,27,40-42H,3-4,7-8,14H2,1-2H3/b16-9+/t21-,22+,25-,27-/m1/s1. The van der Waals surface area contributed by atoms with Crippen molar-refractivity contribution in [2.24, 2.45) is 17.8 Å². The number of alkyl halides is 6. The lowest BCUT2D eigenvalue weighted by molar-refractivity contribution is -0.143. The van der Waals surface area contributed by atoms with E-state index in [2.05, 4.69) is 0 Å². The molecule has 6 nitrogen and oxygen atoms in total. The third kappa shape index (κ3) is 6.53. The van der Waals surface area contributed by atoms with E-state index in [1.54, 1.807) is 13.0 Å². The number of nitrogens with zero attached hydrogens (tertiary/aromatic N) is 1. The minimum atomic E-state index is -5.19. The molecule has 0 bridgehead atoms. The van der Waals surface area contributed by atoms with Crippen molar-refractivity contribution in [1.82, 2.24) is 0 Å². The van der Waals surface area contributed by atoms with Crippen LogP contribution in [-0.2, 0) is 21.9 Å². The van der Waals surface area contributed by atoms with E-state index >= 15 is 0 Å². The Kier molecular flexibility index (Phi) is 9.32. The van der Waals surface area contributed by atoms with E-state index in [-0.39, 0.29) is 24.5 Å². The van der Waals surface area contributed by atoms with Gasteiger partial charge in [0, 0.05) is 5.92 Å². The van der Waals surface area contributed by atoms with Gasteiger partial charge in [-0.3, -0.25) is 9.59 Å². The molecule has 1 aliphatic heterocycles. The number of amides is 2. The highest BCUT2D eigenvalue weighted by Crippen LogP contribution is 2.48. The molecule has 1 fully saturated rings. The number of carbonyl (C=O) groups is 2. The highest BCUT2D eigenvalue weighted by Gasteiger charge is 2.55. The SMILES string of the molecule is CC/C(=C\c1ccc(O)c(F)c1)CC[C@@H](O)C1=C(C)C[C@H]2C(=O)N(c3cc(C(F)(F)F)cc(C(F)(F)F)c3)C(=O)[C@H]2[C@H]1CO. The molecule has 44 heavy (non-hydrogen) atoms. The number of halogens is 7. The first-order valence-electron chi connectivity index (χ1n) is 13.8. The Balaban J connectivity index is 1.62. The number of hydrogen-bond donors (Lipinski definition) is 3. The number of phenolic OH excluding ortho intramolecular Hbond substituents is 1. The average Bonchev–Trinajstić information content (AvgIpc) is 3.19. The molecule has 0 spiro atoms. The zero-order valence-corrected chi connectivity index (χ0v) is 23.6. The smallest absolute Gasteiger partial charge is 0.416 e. The molecule has 2 aromatic carbocycles. The molecule has 2 aliphatic rings. The Morgan fingerprint density at radius 1 is 1.02 bits per heavy atom. The van der Waals surface area contributed by atoms with Crippen LogP contribution in [0.25, 0.3) is 6.08 Å². The number of allylic oxidation sites excluding steroid dienone is 2. The second-order valence-electron chi connectivity index (χ2n) is 11.1. The van der Waals surface area contributed by atoms with Gasteiger partial charge in [0.25, 0.3) is 0 Å². The van der Waals surface area contributed by atoms with Crippen LogP contribution in [0, 0.1) is 23.6 Å². The number of anilines is 1. The topological polar surface area (TPSA) is 98.1 Å².